The van der Waals surface area contributed by atoms with Gasteiger partial charge >= 0.3 is 5.97 Å². The number of hydrogen-bond donors (Lipinski definition) is 1. The summed E-state index contributed by atoms with van der Waals surface area (Å²) in [6.45, 7) is 2.02. The van der Waals surface area contributed by atoms with E-state index in [0.29, 0.717) is 22.9 Å². The Kier molecular flexibility index (Phi) is 6.55. The maximum Gasteiger partial charge on any atom is 0.358 e. The molecule has 0 unspecified atom stereocenters. The summed E-state index contributed by atoms with van der Waals surface area (Å²) in [5.41, 5.74) is 2.14. The van der Waals surface area contributed by atoms with Crippen LogP contribution >= 0.6 is 11.8 Å². The molecule has 0 bridgehead atoms. The van der Waals surface area contributed by atoms with Gasteiger partial charge in [0.1, 0.15) is 6.04 Å². The SMILES string of the molecule is CCOC(=O)c1ccn(-c2ccc(NC(=O)[C@@H]3CSCN3C(=O)c3ccccc3)cc2)n1. The van der Waals surface area contributed by atoms with E-state index in [1.807, 2.05) is 18.2 Å². The van der Waals surface area contributed by atoms with Crippen LogP contribution in [0.25, 0.3) is 5.69 Å². The Labute approximate surface area is 189 Å². The van der Waals surface area contributed by atoms with Gasteiger partial charge in [0.15, 0.2) is 5.69 Å². The summed E-state index contributed by atoms with van der Waals surface area (Å²) in [6.07, 6.45) is 1.67. The second kappa shape index (κ2) is 9.69. The Hall–Kier alpha value is -3.59. The van der Waals surface area contributed by atoms with Crippen molar-refractivity contribution in [3.63, 3.8) is 0 Å². The summed E-state index contributed by atoms with van der Waals surface area (Å²) in [4.78, 5) is 39.0. The van der Waals surface area contributed by atoms with Crippen molar-refractivity contribution in [3.8, 4) is 5.69 Å². The van der Waals surface area contributed by atoms with Gasteiger partial charge in [-0.05, 0) is 49.4 Å². The Morgan fingerprint density at radius 1 is 1.09 bits per heavy atom. The first-order valence-corrected chi connectivity index (χ1v) is 11.3. The summed E-state index contributed by atoms with van der Waals surface area (Å²) in [5.74, 6) is 0.177. The molecule has 1 N–H and O–H groups in total. The number of benzene rings is 2. The molecule has 9 heteroatoms. The lowest BCUT2D eigenvalue weighted by atomic mass is 10.1. The van der Waals surface area contributed by atoms with E-state index in [1.165, 1.54) is 0 Å². The minimum atomic E-state index is -0.536. The predicted molar refractivity (Wildman–Crippen MR) is 122 cm³/mol. The lowest BCUT2D eigenvalue weighted by Crippen LogP contribution is -2.44. The molecule has 4 rings (SSSR count). The van der Waals surface area contributed by atoms with E-state index in [4.69, 9.17) is 4.74 Å². The molecule has 1 atom stereocenters. The highest BCUT2D eigenvalue weighted by Gasteiger charge is 2.35. The number of nitrogens with zero attached hydrogens (tertiary/aromatic N) is 3. The van der Waals surface area contributed by atoms with Gasteiger partial charge in [0.25, 0.3) is 5.91 Å². The van der Waals surface area contributed by atoms with Gasteiger partial charge in [0.05, 0.1) is 18.2 Å². The summed E-state index contributed by atoms with van der Waals surface area (Å²) < 4.78 is 6.51. The minimum absolute atomic E-state index is 0.151. The zero-order chi connectivity index (χ0) is 22.5. The molecule has 3 aromatic rings. The average Bonchev–Trinajstić information content (AvgIpc) is 3.50. The highest BCUT2D eigenvalue weighted by atomic mass is 32.2. The quantitative estimate of drug-likeness (QED) is 0.580. The topological polar surface area (TPSA) is 93.5 Å². The van der Waals surface area contributed by atoms with Crippen molar-refractivity contribution in [2.24, 2.45) is 0 Å². The lowest BCUT2D eigenvalue weighted by molar-refractivity contribution is -0.119. The third-order valence-electron chi connectivity index (χ3n) is 4.94. The maximum absolute atomic E-state index is 12.9. The summed E-state index contributed by atoms with van der Waals surface area (Å²) in [6, 6.07) is 17.1. The third-order valence-corrected chi connectivity index (χ3v) is 5.95. The molecule has 2 amide bonds. The molecule has 0 radical (unpaired) electrons. The molecule has 1 fully saturated rings. The molecule has 0 spiro atoms. The number of ether oxygens (including phenoxy) is 1. The molecule has 0 aliphatic carbocycles. The molecular formula is C23H22N4O4S. The molecule has 0 saturated carbocycles. The van der Waals surface area contributed by atoms with Gasteiger partial charge in [0.2, 0.25) is 5.91 Å². The van der Waals surface area contributed by atoms with Crippen molar-refractivity contribution in [2.45, 2.75) is 13.0 Å². The van der Waals surface area contributed by atoms with Crippen LogP contribution in [0.2, 0.25) is 0 Å². The van der Waals surface area contributed by atoms with E-state index >= 15 is 0 Å². The number of carbonyl (C=O) groups excluding carboxylic acids is 3. The summed E-state index contributed by atoms with van der Waals surface area (Å²) in [7, 11) is 0. The number of nitrogens with one attached hydrogen (secondary N) is 1. The normalized spacial score (nSPS) is 15.4. The molecule has 1 saturated heterocycles. The second-order valence-corrected chi connectivity index (χ2v) is 8.06. The van der Waals surface area contributed by atoms with Crippen molar-refractivity contribution in [1.29, 1.82) is 0 Å². The lowest BCUT2D eigenvalue weighted by Gasteiger charge is -2.23. The molecule has 1 aliphatic rings. The van der Waals surface area contributed by atoms with Crippen LogP contribution in [-0.2, 0) is 9.53 Å². The van der Waals surface area contributed by atoms with Crippen LogP contribution in [0.1, 0.15) is 27.8 Å². The van der Waals surface area contributed by atoms with Crippen LogP contribution in [0.5, 0.6) is 0 Å². The number of thioether (sulfide) groups is 1. The highest BCUT2D eigenvalue weighted by molar-refractivity contribution is 7.99. The first kappa shape index (κ1) is 21.6. The fourth-order valence-electron chi connectivity index (χ4n) is 3.31. The fourth-order valence-corrected chi connectivity index (χ4v) is 4.47. The monoisotopic (exact) mass is 450 g/mol. The number of aromatic nitrogens is 2. The highest BCUT2D eigenvalue weighted by Crippen LogP contribution is 2.24. The van der Waals surface area contributed by atoms with Crippen molar-refractivity contribution in [1.82, 2.24) is 14.7 Å². The predicted octanol–water partition coefficient (Wildman–Crippen LogP) is 3.20. The van der Waals surface area contributed by atoms with Crippen LogP contribution in [0.3, 0.4) is 0 Å². The smallest absolute Gasteiger partial charge is 0.358 e. The Morgan fingerprint density at radius 2 is 1.84 bits per heavy atom. The average molecular weight is 451 g/mol. The molecule has 1 aliphatic heterocycles. The van der Waals surface area contributed by atoms with Crippen molar-refractivity contribution < 1.29 is 19.1 Å². The van der Waals surface area contributed by atoms with Gasteiger partial charge < -0.3 is 15.0 Å². The van der Waals surface area contributed by atoms with Crippen LogP contribution in [0.4, 0.5) is 5.69 Å². The van der Waals surface area contributed by atoms with Gasteiger partial charge in [-0.15, -0.1) is 11.8 Å². The van der Waals surface area contributed by atoms with Crippen LogP contribution in [-0.4, -0.2) is 56.7 Å². The Bertz CT molecular complexity index is 1110. The van der Waals surface area contributed by atoms with Gasteiger partial charge in [-0.25, -0.2) is 9.48 Å². The minimum Gasteiger partial charge on any atom is -0.461 e. The van der Waals surface area contributed by atoms with E-state index in [-0.39, 0.29) is 24.1 Å². The number of rotatable bonds is 6. The number of anilines is 1. The molecule has 32 heavy (non-hydrogen) atoms. The summed E-state index contributed by atoms with van der Waals surface area (Å²) >= 11 is 1.55. The Morgan fingerprint density at radius 3 is 2.56 bits per heavy atom. The van der Waals surface area contributed by atoms with Gasteiger partial charge in [-0.1, -0.05) is 18.2 Å². The zero-order valence-electron chi connectivity index (χ0n) is 17.4. The van der Waals surface area contributed by atoms with Gasteiger partial charge in [-0.2, -0.15) is 5.10 Å². The first-order chi connectivity index (χ1) is 15.6. The van der Waals surface area contributed by atoms with Crippen LogP contribution in [0, 0.1) is 0 Å². The number of esters is 1. The van der Waals surface area contributed by atoms with Crippen LogP contribution in [0.15, 0.2) is 66.9 Å². The molecular weight excluding hydrogens is 428 g/mol. The maximum atomic E-state index is 12.9. The van der Waals surface area contributed by atoms with E-state index in [0.717, 1.165) is 5.69 Å². The number of hydrogen-bond acceptors (Lipinski definition) is 6. The largest absolute Gasteiger partial charge is 0.461 e. The molecule has 1 aromatic heterocycles. The van der Waals surface area contributed by atoms with Gasteiger partial charge in [-0.3, -0.25) is 9.59 Å². The standard InChI is InChI=1S/C23H22N4O4S/c1-2-31-23(30)19-12-13-27(25-19)18-10-8-17(9-11-18)24-21(28)20-14-32-15-26(20)22(29)16-6-4-3-5-7-16/h3-13,20H,2,14-15H2,1H3,(H,24,28)/t20-/m0/s1. The van der Waals surface area contributed by atoms with Crippen LogP contribution < -0.4 is 5.32 Å². The zero-order valence-corrected chi connectivity index (χ0v) is 18.2. The van der Waals surface area contributed by atoms with E-state index in [2.05, 4.69) is 10.4 Å². The van der Waals surface area contributed by atoms with E-state index in [9.17, 15) is 14.4 Å². The molecule has 8 nitrogen and oxygen atoms in total. The fraction of sp³-hybridized carbons (Fsp3) is 0.217. The number of amides is 2. The summed E-state index contributed by atoms with van der Waals surface area (Å²) in [5, 5.41) is 7.11. The van der Waals surface area contributed by atoms with Gasteiger partial charge in [0, 0.05) is 23.2 Å². The Balaban J connectivity index is 1.41. The second-order valence-electron chi connectivity index (χ2n) is 7.06. The molecule has 164 valence electrons. The van der Waals surface area contributed by atoms with Crippen molar-refractivity contribution in [3.05, 3.63) is 78.1 Å². The molecule has 2 aromatic carbocycles. The van der Waals surface area contributed by atoms with Crippen molar-refractivity contribution in [2.75, 3.05) is 23.6 Å². The third kappa shape index (κ3) is 4.67. The van der Waals surface area contributed by atoms with E-state index < -0.39 is 12.0 Å². The first-order valence-electron chi connectivity index (χ1n) is 10.1. The van der Waals surface area contributed by atoms with E-state index in [1.54, 1.807) is 76.9 Å². The van der Waals surface area contributed by atoms with Crippen molar-refractivity contribution >= 4 is 35.2 Å². The molecule has 2 heterocycles. The number of carbonyl (C=O) groups is 3.